The van der Waals surface area contributed by atoms with Gasteiger partial charge in [-0.25, -0.2) is 9.77 Å². The first-order valence-electron chi connectivity index (χ1n) is 8.95. The standard InChI is InChI=1S/C21H20N4O2S/c1-14(26)15-7-9-16(10-8-15)19-12-11-18(27-19)13-22-25-20(23-24-21(25)28)17-5-3-2-4-6-17/h2-12,14,22,26H,13H2,1H3,(H,24,28)/t14-/m0/s1. The van der Waals surface area contributed by atoms with Gasteiger partial charge < -0.3 is 14.9 Å². The van der Waals surface area contributed by atoms with Crippen molar-refractivity contribution in [3.8, 4) is 22.7 Å². The molecule has 0 bridgehead atoms. The molecule has 3 N–H and O–H groups in total. The van der Waals surface area contributed by atoms with Gasteiger partial charge in [-0.3, -0.25) is 0 Å². The van der Waals surface area contributed by atoms with Gasteiger partial charge in [0.25, 0.3) is 0 Å². The lowest BCUT2D eigenvalue weighted by atomic mass is 10.1. The number of furan rings is 1. The van der Waals surface area contributed by atoms with Crippen molar-refractivity contribution in [3.63, 3.8) is 0 Å². The maximum atomic E-state index is 9.63. The van der Waals surface area contributed by atoms with E-state index >= 15 is 0 Å². The molecule has 0 aliphatic rings. The summed E-state index contributed by atoms with van der Waals surface area (Å²) in [7, 11) is 0. The van der Waals surface area contributed by atoms with Crippen LogP contribution >= 0.6 is 12.2 Å². The molecule has 0 fully saturated rings. The lowest BCUT2D eigenvalue weighted by Crippen LogP contribution is -2.15. The van der Waals surface area contributed by atoms with Crippen molar-refractivity contribution in [1.29, 1.82) is 0 Å². The topological polar surface area (TPSA) is 79.0 Å². The molecule has 142 valence electrons. The summed E-state index contributed by atoms with van der Waals surface area (Å²) in [5, 5.41) is 16.8. The molecule has 1 atom stereocenters. The molecular weight excluding hydrogens is 372 g/mol. The van der Waals surface area contributed by atoms with Crippen LogP contribution in [-0.4, -0.2) is 20.0 Å². The number of aliphatic hydroxyl groups excluding tert-OH is 1. The second kappa shape index (κ2) is 7.84. The van der Waals surface area contributed by atoms with Crippen molar-refractivity contribution < 1.29 is 9.52 Å². The molecule has 0 spiro atoms. The van der Waals surface area contributed by atoms with Gasteiger partial charge in [0.1, 0.15) is 11.5 Å². The highest BCUT2D eigenvalue weighted by Crippen LogP contribution is 2.24. The SMILES string of the molecule is C[C@H](O)c1ccc(-c2ccc(CNn3c(-c4ccccc4)n[nH]c3=S)o2)cc1. The molecule has 0 aliphatic carbocycles. The number of aliphatic hydroxyl groups is 1. The normalized spacial score (nSPS) is 12.1. The second-order valence-electron chi connectivity index (χ2n) is 6.45. The summed E-state index contributed by atoms with van der Waals surface area (Å²) in [5.74, 6) is 2.26. The number of H-pyrrole nitrogens is 1. The first-order chi connectivity index (χ1) is 13.6. The van der Waals surface area contributed by atoms with Gasteiger partial charge in [0.05, 0.1) is 12.6 Å². The first kappa shape index (κ1) is 18.2. The maximum Gasteiger partial charge on any atom is 0.214 e. The van der Waals surface area contributed by atoms with Gasteiger partial charge >= 0.3 is 0 Å². The second-order valence-corrected chi connectivity index (χ2v) is 6.84. The van der Waals surface area contributed by atoms with Crippen molar-refractivity contribution in [2.75, 3.05) is 5.43 Å². The van der Waals surface area contributed by atoms with Crippen LogP contribution in [0.5, 0.6) is 0 Å². The van der Waals surface area contributed by atoms with Gasteiger partial charge in [-0.15, -0.1) is 0 Å². The number of nitrogens with zero attached hydrogens (tertiary/aromatic N) is 2. The molecule has 4 rings (SSSR count). The fourth-order valence-electron chi connectivity index (χ4n) is 2.94. The Morgan fingerprint density at radius 2 is 1.82 bits per heavy atom. The summed E-state index contributed by atoms with van der Waals surface area (Å²) in [6.07, 6.45) is -0.483. The first-order valence-corrected chi connectivity index (χ1v) is 9.36. The quantitative estimate of drug-likeness (QED) is 0.416. The lowest BCUT2D eigenvalue weighted by molar-refractivity contribution is 0.199. The van der Waals surface area contributed by atoms with E-state index < -0.39 is 6.10 Å². The zero-order valence-electron chi connectivity index (χ0n) is 15.3. The Kier molecular flexibility index (Phi) is 5.10. The Balaban J connectivity index is 1.50. The van der Waals surface area contributed by atoms with E-state index in [0.717, 1.165) is 28.2 Å². The van der Waals surface area contributed by atoms with E-state index in [1.54, 1.807) is 11.6 Å². The van der Waals surface area contributed by atoms with Crippen LogP contribution in [0.3, 0.4) is 0 Å². The van der Waals surface area contributed by atoms with Crippen LogP contribution in [0.1, 0.15) is 24.4 Å². The van der Waals surface area contributed by atoms with Crippen LogP contribution < -0.4 is 5.43 Å². The highest BCUT2D eigenvalue weighted by atomic mass is 32.1. The molecule has 0 aliphatic heterocycles. The number of aromatic nitrogens is 3. The fraction of sp³-hybridized carbons (Fsp3) is 0.143. The smallest absolute Gasteiger partial charge is 0.214 e. The van der Waals surface area contributed by atoms with Crippen LogP contribution in [0.2, 0.25) is 0 Å². The highest BCUT2D eigenvalue weighted by molar-refractivity contribution is 7.71. The van der Waals surface area contributed by atoms with Crippen molar-refractivity contribution >= 4 is 12.2 Å². The van der Waals surface area contributed by atoms with E-state index in [0.29, 0.717) is 17.1 Å². The third-order valence-electron chi connectivity index (χ3n) is 4.45. The molecule has 0 radical (unpaired) electrons. The largest absolute Gasteiger partial charge is 0.459 e. The van der Waals surface area contributed by atoms with Gasteiger partial charge in [0.2, 0.25) is 4.77 Å². The Morgan fingerprint density at radius 1 is 1.07 bits per heavy atom. The number of nitrogens with one attached hydrogen (secondary N) is 2. The van der Waals surface area contributed by atoms with Gasteiger partial charge in [0, 0.05) is 11.1 Å². The molecule has 0 amide bonds. The molecule has 2 aromatic heterocycles. The summed E-state index contributed by atoms with van der Waals surface area (Å²) in [6.45, 7) is 2.20. The van der Waals surface area contributed by atoms with E-state index in [4.69, 9.17) is 16.6 Å². The molecule has 0 saturated carbocycles. The summed E-state index contributed by atoms with van der Waals surface area (Å²) < 4.78 is 8.18. The van der Waals surface area contributed by atoms with E-state index in [2.05, 4.69) is 15.6 Å². The number of aromatic amines is 1. The minimum absolute atomic E-state index is 0.458. The Bertz CT molecular complexity index is 1110. The molecule has 4 aromatic rings. The van der Waals surface area contributed by atoms with Crippen molar-refractivity contribution in [2.45, 2.75) is 19.6 Å². The Hall–Kier alpha value is -3.16. The highest BCUT2D eigenvalue weighted by Gasteiger charge is 2.10. The Labute approximate surface area is 167 Å². The third kappa shape index (κ3) is 3.76. The van der Waals surface area contributed by atoms with Crippen molar-refractivity contribution in [1.82, 2.24) is 14.9 Å². The third-order valence-corrected chi connectivity index (χ3v) is 4.73. The molecule has 6 nitrogen and oxygen atoms in total. The van der Waals surface area contributed by atoms with Crippen LogP contribution in [0.25, 0.3) is 22.7 Å². The lowest BCUT2D eigenvalue weighted by Gasteiger charge is -2.08. The van der Waals surface area contributed by atoms with Gasteiger partial charge in [-0.1, -0.05) is 54.6 Å². The summed E-state index contributed by atoms with van der Waals surface area (Å²) >= 11 is 5.33. The summed E-state index contributed by atoms with van der Waals surface area (Å²) in [5.41, 5.74) is 6.05. The average Bonchev–Trinajstić information content (AvgIpc) is 3.34. The van der Waals surface area contributed by atoms with E-state index in [9.17, 15) is 5.11 Å². The molecule has 0 unspecified atom stereocenters. The van der Waals surface area contributed by atoms with Crippen LogP contribution in [0.4, 0.5) is 0 Å². The zero-order valence-corrected chi connectivity index (χ0v) is 16.1. The molecule has 2 heterocycles. The fourth-order valence-corrected chi connectivity index (χ4v) is 3.13. The molecule has 28 heavy (non-hydrogen) atoms. The zero-order chi connectivity index (χ0) is 19.5. The number of hydrogen-bond acceptors (Lipinski definition) is 5. The molecule has 0 saturated heterocycles. The maximum absolute atomic E-state index is 9.63. The van der Waals surface area contributed by atoms with Crippen molar-refractivity contribution in [2.24, 2.45) is 0 Å². The minimum Gasteiger partial charge on any atom is -0.459 e. The molecule has 7 heteroatoms. The number of hydrogen-bond donors (Lipinski definition) is 3. The van der Waals surface area contributed by atoms with E-state index in [-0.39, 0.29) is 0 Å². The monoisotopic (exact) mass is 392 g/mol. The predicted octanol–water partition coefficient (Wildman–Crippen LogP) is 4.66. The van der Waals surface area contributed by atoms with Crippen LogP contribution in [0.15, 0.2) is 71.1 Å². The van der Waals surface area contributed by atoms with E-state index in [1.807, 2.05) is 66.7 Å². The van der Waals surface area contributed by atoms with Crippen molar-refractivity contribution in [3.05, 3.63) is 82.8 Å². The number of benzene rings is 2. The van der Waals surface area contributed by atoms with Crippen LogP contribution in [0, 0.1) is 4.77 Å². The van der Waals surface area contributed by atoms with Gasteiger partial charge in [-0.2, -0.15) is 5.10 Å². The molecule has 2 aromatic carbocycles. The average molecular weight is 392 g/mol. The molecular formula is C21H20N4O2S. The van der Waals surface area contributed by atoms with E-state index in [1.165, 1.54) is 0 Å². The van der Waals surface area contributed by atoms with Crippen LogP contribution in [-0.2, 0) is 6.54 Å². The van der Waals surface area contributed by atoms with Gasteiger partial charge in [0.15, 0.2) is 5.82 Å². The minimum atomic E-state index is -0.483. The number of rotatable bonds is 6. The summed E-state index contributed by atoms with van der Waals surface area (Å²) in [4.78, 5) is 0. The predicted molar refractivity (Wildman–Crippen MR) is 111 cm³/mol. The van der Waals surface area contributed by atoms with Gasteiger partial charge in [-0.05, 0) is 36.8 Å². The Morgan fingerprint density at radius 3 is 2.54 bits per heavy atom. The summed E-state index contributed by atoms with van der Waals surface area (Å²) in [6, 6.07) is 21.4.